The largest absolute Gasteiger partial charge is 0.290 e. The summed E-state index contributed by atoms with van der Waals surface area (Å²) in [5.41, 5.74) is 3.98. The van der Waals surface area contributed by atoms with E-state index in [1.807, 2.05) is 6.07 Å². The Bertz CT molecular complexity index is 686. The second-order valence-corrected chi connectivity index (χ2v) is 7.04. The summed E-state index contributed by atoms with van der Waals surface area (Å²) in [6.07, 6.45) is 4.95. The minimum Gasteiger partial charge on any atom is -0.290 e. The quantitative estimate of drug-likeness (QED) is 0.516. The number of aryl methyl sites for hydroxylation is 1. The van der Waals surface area contributed by atoms with E-state index in [1.165, 1.54) is 5.56 Å². The highest BCUT2D eigenvalue weighted by molar-refractivity contribution is 9.12. The summed E-state index contributed by atoms with van der Waals surface area (Å²) in [7, 11) is 0. The van der Waals surface area contributed by atoms with Crippen LogP contribution in [0.3, 0.4) is 0 Å². The van der Waals surface area contributed by atoms with Crippen LogP contribution in [0.4, 0.5) is 5.69 Å². The van der Waals surface area contributed by atoms with E-state index in [2.05, 4.69) is 53.9 Å². The molecule has 0 fully saturated rings. The number of nitrogens with zero attached hydrogens (tertiary/aromatic N) is 1. The number of carbonyl (C=O) groups is 1. The molecular weight excluding hydrogens is 438 g/mol. The minimum atomic E-state index is 0.0204. The summed E-state index contributed by atoms with van der Waals surface area (Å²) in [6.45, 7) is 0. The standard InChI is InChI=1S/C14H8Br3NO/c15-9-3-7-1-2-8-4-10(19)6-12(17)14(8)18-13(7)11(16)5-9/h3-6H,1-2H2. The lowest BCUT2D eigenvalue weighted by molar-refractivity contribution is -0.110. The summed E-state index contributed by atoms with van der Waals surface area (Å²) < 4.78 is 2.75. The lowest BCUT2D eigenvalue weighted by Crippen LogP contribution is -2.10. The van der Waals surface area contributed by atoms with Crippen molar-refractivity contribution in [1.29, 1.82) is 0 Å². The first-order valence-electron chi connectivity index (χ1n) is 5.73. The molecule has 0 amide bonds. The van der Waals surface area contributed by atoms with Gasteiger partial charge in [0.25, 0.3) is 0 Å². The highest BCUT2D eigenvalue weighted by atomic mass is 79.9. The maximum Gasteiger partial charge on any atom is 0.180 e. The first-order valence-corrected chi connectivity index (χ1v) is 8.11. The van der Waals surface area contributed by atoms with Crippen LogP contribution < -0.4 is 0 Å². The average Bonchev–Trinajstić information content (AvgIpc) is 2.49. The van der Waals surface area contributed by atoms with Gasteiger partial charge in [-0.3, -0.25) is 4.79 Å². The molecule has 2 nitrogen and oxygen atoms in total. The van der Waals surface area contributed by atoms with Crippen LogP contribution in [0, 0.1) is 0 Å². The number of halogens is 3. The third-order valence-electron chi connectivity index (χ3n) is 3.11. The summed E-state index contributed by atoms with van der Waals surface area (Å²) in [4.78, 5) is 16.3. The molecule has 3 rings (SSSR count). The van der Waals surface area contributed by atoms with Crippen LogP contribution in [0.1, 0.15) is 12.0 Å². The molecule has 0 bridgehead atoms. The number of hydrogen-bond acceptors (Lipinski definition) is 2. The Hall–Kier alpha value is -0.520. The van der Waals surface area contributed by atoms with Gasteiger partial charge < -0.3 is 0 Å². The van der Waals surface area contributed by atoms with Crippen molar-refractivity contribution in [2.45, 2.75) is 12.8 Å². The number of fused-ring (bicyclic) bond motifs is 2. The molecular formula is C14H8Br3NO. The van der Waals surface area contributed by atoms with Gasteiger partial charge in [-0.15, -0.1) is 0 Å². The summed E-state index contributed by atoms with van der Waals surface area (Å²) >= 11 is 10.5. The molecule has 2 aliphatic rings. The molecule has 19 heavy (non-hydrogen) atoms. The lowest BCUT2D eigenvalue weighted by atomic mass is 9.97. The van der Waals surface area contributed by atoms with Crippen molar-refractivity contribution in [3.05, 3.63) is 48.8 Å². The monoisotopic (exact) mass is 443 g/mol. The highest BCUT2D eigenvalue weighted by Gasteiger charge is 2.22. The van der Waals surface area contributed by atoms with Gasteiger partial charge in [0.15, 0.2) is 5.78 Å². The molecule has 0 saturated heterocycles. The number of ketones is 1. The molecule has 0 atom stereocenters. The normalized spacial score (nSPS) is 17.8. The predicted molar refractivity (Wildman–Crippen MR) is 87.4 cm³/mol. The number of carbonyl (C=O) groups excluding carboxylic acids is 1. The Kier molecular flexibility index (Phi) is 3.62. The molecule has 0 N–H and O–H groups in total. The molecule has 1 heterocycles. The zero-order valence-corrected chi connectivity index (χ0v) is 14.5. The van der Waals surface area contributed by atoms with Gasteiger partial charge in [-0.2, -0.15) is 0 Å². The molecule has 96 valence electrons. The molecule has 1 aliphatic heterocycles. The van der Waals surface area contributed by atoms with Gasteiger partial charge in [-0.05, 0) is 74.0 Å². The zero-order chi connectivity index (χ0) is 13.6. The van der Waals surface area contributed by atoms with Gasteiger partial charge in [-0.25, -0.2) is 4.99 Å². The van der Waals surface area contributed by atoms with Crippen molar-refractivity contribution >= 4 is 65.0 Å². The fraction of sp³-hybridized carbons (Fsp3) is 0.143. The average molecular weight is 446 g/mol. The molecule has 0 unspecified atom stereocenters. The maximum atomic E-state index is 11.6. The smallest absolute Gasteiger partial charge is 0.180 e. The van der Waals surface area contributed by atoms with Crippen LogP contribution in [0.25, 0.3) is 0 Å². The molecule has 0 radical (unpaired) electrons. The zero-order valence-electron chi connectivity index (χ0n) is 9.71. The molecule has 0 saturated carbocycles. The molecule has 1 aromatic carbocycles. The van der Waals surface area contributed by atoms with Crippen molar-refractivity contribution < 1.29 is 4.79 Å². The Balaban J connectivity index is 2.20. The lowest BCUT2D eigenvalue weighted by Gasteiger charge is -2.11. The Morgan fingerprint density at radius 1 is 1.05 bits per heavy atom. The number of allylic oxidation sites excluding steroid dienone is 4. The molecule has 5 heteroatoms. The topological polar surface area (TPSA) is 29.4 Å². The first-order chi connectivity index (χ1) is 9.04. The number of hydrogen-bond donors (Lipinski definition) is 0. The Morgan fingerprint density at radius 2 is 1.84 bits per heavy atom. The fourth-order valence-electron chi connectivity index (χ4n) is 2.26. The van der Waals surface area contributed by atoms with E-state index < -0.39 is 0 Å². The summed E-state index contributed by atoms with van der Waals surface area (Å²) in [5, 5.41) is 0. The van der Waals surface area contributed by atoms with Crippen LogP contribution in [-0.4, -0.2) is 11.5 Å². The predicted octanol–water partition coefficient (Wildman–Crippen LogP) is 5.02. The number of rotatable bonds is 0. The van der Waals surface area contributed by atoms with Crippen molar-refractivity contribution in [3.8, 4) is 0 Å². The first kappa shape index (κ1) is 13.5. The minimum absolute atomic E-state index is 0.0204. The van der Waals surface area contributed by atoms with Crippen molar-refractivity contribution in [2.24, 2.45) is 4.99 Å². The SMILES string of the molecule is O=C1C=C(Br)C2=Nc3c(Br)cc(Br)cc3CCC2=C1. The second kappa shape index (κ2) is 5.11. The van der Waals surface area contributed by atoms with Gasteiger partial charge in [0, 0.05) is 19.5 Å². The Morgan fingerprint density at radius 3 is 2.63 bits per heavy atom. The fourth-order valence-corrected chi connectivity index (χ4v) is 4.23. The Labute approximate surface area is 136 Å². The number of aliphatic imine (C=N–C) groups is 1. The van der Waals surface area contributed by atoms with Gasteiger partial charge in [0.05, 0.1) is 11.4 Å². The van der Waals surface area contributed by atoms with Gasteiger partial charge in [0.2, 0.25) is 0 Å². The van der Waals surface area contributed by atoms with E-state index in [9.17, 15) is 4.79 Å². The summed E-state index contributed by atoms with van der Waals surface area (Å²) in [5.74, 6) is 0.0204. The molecule has 1 aliphatic carbocycles. The van der Waals surface area contributed by atoms with E-state index in [1.54, 1.807) is 12.2 Å². The van der Waals surface area contributed by atoms with Crippen LogP contribution in [0.2, 0.25) is 0 Å². The second-order valence-electron chi connectivity index (χ2n) is 4.42. The van der Waals surface area contributed by atoms with E-state index in [0.717, 1.165) is 43.2 Å². The van der Waals surface area contributed by atoms with E-state index in [4.69, 9.17) is 4.99 Å². The van der Waals surface area contributed by atoms with Crippen LogP contribution >= 0.6 is 47.8 Å². The van der Waals surface area contributed by atoms with E-state index >= 15 is 0 Å². The highest BCUT2D eigenvalue weighted by Crippen LogP contribution is 2.39. The maximum absolute atomic E-state index is 11.6. The van der Waals surface area contributed by atoms with Gasteiger partial charge >= 0.3 is 0 Å². The third-order valence-corrected chi connectivity index (χ3v) is 4.78. The van der Waals surface area contributed by atoms with Crippen LogP contribution in [0.5, 0.6) is 0 Å². The van der Waals surface area contributed by atoms with Crippen molar-refractivity contribution in [2.75, 3.05) is 0 Å². The van der Waals surface area contributed by atoms with E-state index in [-0.39, 0.29) is 5.78 Å². The molecule has 1 aromatic rings. The molecule has 0 spiro atoms. The van der Waals surface area contributed by atoms with Crippen molar-refractivity contribution in [3.63, 3.8) is 0 Å². The van der Waals surface area contributed by atoms with Gasteiger partial charge in [-0.1, -0.05) is 15.9 Å². The van der Waals surface area contributed by atoms with Gasteiger partial charge in [0.1, 0.15) is 0 Å². The molecule has 0 aromatic heterocycles. The van der Waals surface area contributed by atoms with Crippen molar-refractivity contribution in [1.82, 2.24) is 0 Å². The van der Waals surface area contributed by atoms with E-state index in [0.29, 0.717) is 0 Å². The van der Waals surface area contributed by atoms with Crippen LogP contribution in [0.15, 0.2) is 48.3 Å². The summed E-state index contributed by atoms with van der Waals surface area (Å²) in [6, 6.07) is 4.07. The third kappa shape index (κ3) is 2.56. The van der Waals surface area contributed by atoms with Crippen LogP contribution in [-0.2, 0) is 11.2 Å². The number of benzene rings is 1.